The first-order chi connectivity index (χ1) is 9.97. The van der Waals surface area contributed by atoms with E-state index in [-0.39, 0.29) is 11.9 Å². The molecule has 0 radical (unpaired) electrons. The number of hydrogen-bond donors (Lipinski definition) is 1. The maximum atomic E-state index is 12.3. The van der Waals surface area contributed by atoms with Crippen molar-refractivity contribution >= 4 is 17.2 Å². The van der Waals surface area contributed by atoms with Crippen LogP contribution in [0.2, 0.25) is 0 Å². The Balaban J connectivity index is 2.05. The van der Waals surface area contributed by atoms with Crippen LogP contribution < -0.4 is 5.32 Å². The third-order valence-corrected chi connectivity index (χ3v) is 4.19. The molecule has 2 rings (SSSR count). The molecule has 0 bridgehead atoms. The number of carbonyl (C=O) groups excluding carboxylic acids is 1. The van der Waals surface area contributed by atoms with Crippen LogP contribution in [0.15, 0.2) is 35.0 Å². The average molecular weight is 302 g/mol. The fourth-order valence-electron chi connectivity index (χ4n) is 2.46. The molecule has 0 saturated carbocycles. The topological polar surface area (TPSA) is 32.3 Å². The van der Waals surface area contributed by atoms with Gasteiger partial charge in [0.15, 0.2) is 0 Å². The van der Waals surface area contributed by atoms with Gasteiger partial charge in [0.05, 0.1) is 6.04 Å². The molecule has 0 fully saturated rings. The molecule has 4 heteroatoms. The van der Waals surface area contributed by atoms with Crippen molar-refractivity contribution in [1.82, 2.24) is 10.2 Å². The molecule has 0 aliphatic rings. The van der Waals surface area contributed by atoms with Crippen LogP contribution in [-0.2, 0) is 0 Å². The highest BCUT2D eigenvalue weighted by Gasteiger charge is 2.16. The number of carbonyl (C=O) groups is 1. The number of likely N-dealkylation sites (N-methyl/N-ethyl adjacent to an activating group) is 1. The Kier molecular flexibility index (Phi) is 5.15. The zero-order chi connectivity index (χ0) is 15.4. The summed E-state index contributed by atoms with van der Waals surface area (Å²) in [7, 11) is 4.07. The zero-order valence-corrected chi connectivity index (χ0v) is 13.8. The van der Waals surface area contributed by atoms with E-state index in [1.165, 1.54) is 5.56 Å². The number of nitrogens with zero attached hydrogens (tertiary/aromatic N) is 1. The lowest BCUT2D eigenvalue weighted by atomic mass is 10.1. The molecule has 0 saturated heterocycles. The summed E-state index contributed by atoms with van der Waals surface area (Å²) in [6.07, 6.45) is 0. The Labute approximate surface area is 130 Å². The minimum Gasteiger partial charge on any atom is -0.350 e. The van der Waals surface area contributed by atoms with Crippen molar-refractivity contribution in [2.24, 2.45) is 0 Å². The van der Waals surface area contributed by atoms with E-state index >= 15 is 0 Å². The molecule has 1 amide bonds. The number of thiophene rings is 1. The van der Waals surface area contributed by atoms with E-state index in [0.717, 1.165) is 16.7 Å². The fourth-order valence-corrected chi connectivity index (χ4v) is 3.17. The number of rotatable bonds is 5. The van der Waals surface area contributed by atoms with Gasteiger partial charge in [-0.25, -0.2) is 0 Å². The largest absolute Gasteiger partial charge is 0.350 e. The molecule has 1 heterocycles. The monoisotopic (exact) mass is 302 g/mol. The van der Waals surface area contributed by atoms with Crippen LogP contribution in [0.25, 0.3) is 0 Å². The molecular weight excluding hydrogens is 280 g/mol. The van der Waals surface area contributed by atoms with Crippen LogP contribution in [0.5, 0.6) is 0 Å². The van der Waals surface area contributed by atoms with E-state index in [0.29, 0.717) is 6.54 Å². The van der Waals surface area contributed by atoms with Crippen molar-refractivity contribution in [2.75, 3.05) is 20.6 Å². The van der Waals surface area contributed by atoms with E-state index < -0.39 is 0 Å². The summed E-state index contributed by atoms with van der Waals surface area (Å²) in [4.78, 5) is 14.4. The van der Waals surface area contributed by atoms with E-state index in [9.17, 15) is 4.79 Å². The number of hydrogen-bond acceptors (Lipinski definition) is 3. The number of benzene rings is 1. The Bertz CT molecular complexity index is 585. The Morgan fingerprint density at radius 2 is 1.90 bits per heavy atom. The van der Waals surface area contributed by atoms with Crippen LogP contribution in [-0.4, -0.2) is 31.4 Å². The van der Waals surface area contributed by atoms with Gasteiger partial charge in [-0.05, 0) is 62.5 Å². The molecule has 21 heavy (non-hydrogen) atoms. The number of nitrogens with one attached hydrogen (secondary N) is 1. The van der Waals surface area contributed by atoms with Crippen molar-refractivity contribution in [3.8, 4) is 0 Å². The van der Waals surface area contributed by atoms with Gasteiger partial charge >= 0.3 is 0 Å². The Hall–Kier alpha value is -1.65. The third kappa shape index (κ3) is 4.16. The van der Waals surface area contributed by atoms with Crippen molar-refractivity contribution in [3.63, 3.8) is 0 Å². The summed E-state index contributed by atoms with van der Waals surface area (Å²) in [5, 5.41) is 7.25. The van der Waals surface area contributed by atoms with Crippen LogP contribution in [0.3, 0.4) is 0 Å². The summed E-state index contributed by atoms with van der Waals surface area (Å²) in [6.45, 7) is 4.63. The van der Waals surface area contributed by atoms with Crippen molar-refractivity contribution in [2.45, 2.75) is 19.9 Å². The van der Waals surface area contributed by atoms with E-state index in [1.54, 1.807) is 11.3 Å². The molecule has 1 N–H and O–H groups in total. The minimum atomic E-state index is -0.0103. The maximum absolute atomic E-state index is 12.3. The van der Waals surface area contributed by atoms with E-state index in [2.05, 4.69) is 33.1 Å². The van der Waals surface area contributed by atoms with Crippen LogP contribution in [0.1, 0.15) is 33.1 Å². The van der Waals surface area contributed by atoms with Crippen LogP contribution in [0.4, 0.5) is 0 Å². The molecule has 0 aliphatic carbocycles. The summed E-state index contributed by atoms with van der Waals surface area (Å²) >= 11 is 1.68. The lowest BCUT2D eigenvalue weighted by molar-refractivity contribution is 0.0942. The molecule has 112 valence electrons. The molecule has 1 aromatic heterocycles. The summed E-state index contributed by atoms with van der Waals surface area (Å²) in [5.74, 6) is -0.0103. The van der Waals surface area contributed by atoms with Gasteiger partial charge in [-0.3, -0.25) is 4.79 Å². The average Bonchev–Trinajstić information content (AvgIpc) is 2.91. The number of aryl methyl sites for hydroxylation is 2. The van der Waals surface area contributed by atoms with Gasteiger partial charge in [-0.1, -0.05) is 17.2 Å². The first kappa shape index (κ1) is 15.7. The van der Waals surface area contributed by atoms with Gasteiger partial charge in [0.2, 0.25) is 0 Å². The highest BCUT2D eigenvalue weighted by atomic mass is 32.1. The second-order valence-corrected chi connectivity index (χ2v) is 6.40. The van der Waals surface area contributed by atoms with Crippen LogP contribution in [0, 0.1) is 13.8 Å². The first-order valence-electron chi connectivity index (χ1n) is 7.02. The van der Waals surface area contributed by atoms with Gasteiger partial charge < -0.3 is 10.2 Å². The highest BCUT2D eigenvalue weighted by Crippen LogP contribution is 2.20. The Morgan fingerprint density at radius 3 is 2.43 bits per heavy atom. The standard InChI is InChI=1S/C17H22N2OS/c1-12-7-13(2)9-15(8-12)17(20)18-10-16(19(3)4)14-5-6-21-11-14/h5-9,11,16H,10H2,1-4H3,(H,18,20)/t16-/m1/s1. The van der Waals surface area contributed by atoms with E-state index in [1.807, 2.05) is 40.1 Å². The molecular formula is C17H22N2OS. The number of amides is 1. The fraction of sp³-hybridized carbons (Fsp3) is 0.353. The predicted molar refractivity (Wildman–Crippen MR) is 89.0 cm³/mol. The summed E-state index contributed by atoms with van der Waals surface area (Å²) < 4.78 is 0. The first-order valence-corrected chi connectivity index (χ1v) is 7.96. The summed E-state index contributed by atoms with van der Waals surface area (Å²) in [6, 6.07) is 8.24. The molecule has 1 atom stereocenters. The van der Waals surface area contributed by atoms with Gasteiger partial charge in [-0.2, -0.15) is 11.3 Å². The highest BCUT2D eigenvalue weighted by molar-refractivity contribution is 7.07. The molecule has 3 nitrogen and oxygen atoms in total. The van der Waals surface area contributed by atoms with Crippen molar-refractivity contribution < 1.29 is 4.79 Å². The maximum Gasteiger partial charge on any atom is 0.251 e. The SMILES string of the molecule is Cc1cc(C)cc(C(=O)NC[C@H](c2ccsc2)N(C)C)c1. The smallest absolute Gasteiger partial charge is 0.251 e. The van der Waals surface area contributed by atoms with Gasteiger partial charge in [0, 0.05) is 12.1 Å². The second kappa shape index (κ2) is 6.87. The molecule has 0 spiro atoms. The van der Waals surface area contributed by atoms with Gasteiger partial charge in [0.25, 0.3) is 5.91 Å². The van der Waals surface area contributed by atoms with Crippen LogP contribution >= 0.6 is 11.3 Å². The van der Waals surface area contributed by atoms with Crippen molar-refractivity contribution in [3.05, 3.63) is 57.3 Å². The molecule has 0 aliphatic heterocycles. The minimum absolute atomic E-state index is 0.0103. The molecule has 1 aromatic carbocycles. The predicted octanol–water partition coefficient (Wildman–Crippen LogP) is 3.40. The molecule has 2 aromatic rings. The second-order valence-electron chi connectivity index (χ2n) is 5.62. The van der Waals surface area contributed by atoms with Gasteiger partial charge in [-0.15, -0.1) is 0 Å². The third-order valence-electron chi connectivity index (χ3n) is 3.49. The van der Waals surface area contributed by atoms with E-state index in [4.69, 9.17) is 0 Å². The zero-order valence-electron chi connectivity index (χ0n) is 13.0. The van der Waals surface area contributed by atoms with Gasteiger partial charge in [0.1, 0.15) is 0 Å². The summed E-state index contributed by atoms with van der Waals surface area (Å²) in [5.41, 5.74) is 4.20. The Morgan fingerprint density at radius 1 is 1.24 bits per heavy atom. The lowest BCUT2D eigenvalue weighted by Crippen LogP contribution is -2.34. The quantitative estimate of drug-likeness (QED) is 0.918. The normalized spacial score (nSPS) is 12.4. The lowest BCUT2D eigenvalue weighted by Gasteiger charge is -2.24. The molecule has 0 unspecified atom stereocenters. The van der Waals surface area contributed by atoms with Crippen molar-refractivity contribution in [1.29, 1.82) is 0 Å².